The van der Waals surface area contributed by atoms with Crippen molar-refractivity contribution in [3.63, 3.8) is 0 Å². The second kappa shape index (κ2) is 4.53. The molecule has 0 fully saturated rings. The number of nitrogens with zero attached hydrogens (tertiary/aromatic N) is 2. The van der Waals surface area contributed by atoms with E-state index in [0.29, 0.717) is 6.54 Å². The van der Waals surface area contributed by atoms with Crippen LogP contribution in [0.3, 0.4) is 0 Å². The van der Waals surface area contributed by atoms with Gasteiger partial charge in [-0.05, 0) is 37.0 Å². The zero-order chi connectivity index (χ0) is 12.5. The third kappa shape index (κ3) is 1.82. The third-order valence-electron chi connectivity index (χ3n) is 3.49. The molecule has 0 unspecified atom stereocenters. The Labute approximate surface area is 105 Å². The van der Waals surface area contributed by atoms with Gasteiger partial charge >= 0.3 is 0 Å². The molecule has 0 bridgehead atoms. The molecule has 0 radical (unpaired) electrons. The summed E-state index contributed by atoms with van der Waals surface area (Å²) in [6, 6.07) is 6.59. The number of hydrogen-bond acceptors (Lipinski definition) is 2. The summed E-state index contributed by atoms with van der Waals surface area (Å²) in [7, 11) is 0. The van der Waals surface area contributed by atoms with Crippen molar-refractivity contribution in [3.05, 3.63) is 41.5 Å². The summed E-state index contributed by atoms with van der Waals surface area (Å²) in [6.07, 6.45) is 3.38. The largest absolute Gasteiger partial charge is 0.325 e. The second-order valence-corrected chi connectivity index (χ2v) is 4.66. The molecule has 4 heteroatoms. The first-order chi connectivity index (χ1) is 8.79. The molecule has 0 saturated carbocycles. The first kappa shape index (κ1) is 11.4. The lowest BCUT2D eigenvalue weighted by Crippen LogP contribution is -2.11. The van der Waals surface area contributed by atoms with Crippen LogP contribution in [0.1, 0.15) is 24.2 Å². The Morgan fingerprint density at radius 1 is 1.22 bits per heavy atom. The summed E-state index contributed by atoms with van der Waals surface area (Å²) in [5, 5.41) is 4.57. The third-order valence-corrected chi connectivity index (χ3v) is 3.49. The van der Waals surface area contributed by atoms with Gasteiger partial charge in [-0.2, -0.15) is 5.10 Å². The maximum atomic E-state index is 13.0. The van der Waals surface area contributed by atoms with E-state index in [1.165, 1.54) is 30.7 Å². The smallest absolute Gasteiger partial charge is 0.123 e. The Morgan fingerprint density at radius 2 is 2.00 bits per heavy atom. The first-order valence-corrected chi connectivity index (χ1v) is 6.34. The molecule has 3 rings (SSSR count). The summed E-state index contributed by atoms with van der Waals surface area (Å²) in [5.41, 5.74) is 10.1. The zero-order valence-corrected chi connectivity index (χ0v) is 10.2. The Kier molecular flexibility index (Phi) is 2.88. The molecule has 3 nitrogen and oxygen atoms in total. The fraction of sp³-hybridized carbons (Fsp3) is 0.357. The Bertz CT molecular complexity index is 557. The summed E-state index contributed by atoms with van der Waals surface area (Å²) >= 11 is 0. The van der Waals surface area contributed by atoms with E-state index in [1.54, 1.807) is 12.1 Å². The van der Waals surface area contributed by atoms with E-state index in [1.807, 2.05) is 0 Å². The van der Waals surface area contributed by atoms with Gasteiger partial charge in [0.2, 0.25) is 0 Å². The number of aromatic nitrogens is 2. The summed E-state index contributed by atoms with van der Waals surface area (Å²) < 4.78 is 15.1. The van der Waals surface area contributed by atoms with Crippen molar-refractivity contribution in [2.75, 3.05) is 0 Å². The Morgan fingerprint density at radius 3 is 2.72 bits per heavy atom. The number of halogens is 1. The molecular formula is C14H16FN3. The normalized spacial score (nSPS) is 14.6. The number of rotatable bonds is 2. The fourth-order valence-electron chi connectivity index (χ4n) is 2.64. The van der Waals surface area contributed by atoms with E-state index in [2.05, 4.69) is 9.78 Å². The molecule has 18 heavy (non-hydrogen) atoms. The summed E-state index contributed by atoms with van der Waals surface area (Å²) in [5.74, 6) is -0.214. The number of nitrogens with two attached hydrogens (primary N) is 1. The minimum atomic E-state index is -0.214. The number of fused-ring (bicyclic) bond motifs is 1. The molecule has 2 heterocycles. The van der Waals surface area contributed by atoms with Crippen LogP contribution in [0.25, 0.3) is 11.1 Å². The molecule has 2 N–H and O–H groups in total. The van der Waals surface area contributed by atoms with Gasteiger partial charge in [0.15, 0.2) is 0 Å². The fourth-order valence-corrected chi connectivity index (χ4v) is 2.64. The molecule has 94 valence electrons. The lowest BCUT2D eigenvalue weighted by molar-refractivity contribution is 0.484. The first-order valence-electron chi connectivity index (χ1n) is 6.34. The average Bonchev–Trinajstić information content (AvgIpc) is 2.78. The van der Waals surface area contributed by atoms with Gasteiger partial charge in [-0.15, -0.1) is 0 Å². The van der Waals surface area contributed by atoms with E-state index in [-0.39, 0.29) is 5.82 Å². The molecule has 1 aliphatic heterocycles. The van der Waals surface area contributed by atoms with Crippen molar-refractivity contribution in [2.45, 2.75) is 32.4 Å². The van der Waals surface area contributed by atoms with Crippen LogP contribution in [-0.2, 0) is 19.5 Å². The van der Waals surface area contributed by atoms with Gasteiger partial charge in [0, 0.05) is 24.3 Å². The molecule has 0 atom stereocenters. The van der Waals surface area contributed by atoms with Gasteiger partial charge in [-0.1, -0.05) is 12.1 Å². The van der Waals surface area contributed by atoms with Gasteiger partial charge in [-0.25, -0.2) is 4.39 Å². The maximum Gasteiger partial charge on any atom is 0.123 e. The maximum absolute atomic E-state index is 13.0. The van der Waals surface area contributed by atoms with E-state index < -0.39 is 0 Å². The van der Waals surface area contributed by atoms with Gasteiger partial charge in [0.1, 0.15) is 5.82 Å². The Balaban J connectivity index is 2.14. The van der Waals surface area contributed by atoms with Crippen LogP contribution in [0.4, 0.5) is 4.39 Å². The SMILES string of the molecule is NCc1nn2c(c1-c1ccc(F)cc1)CCCC2. The van der Waals surface area contributed by atoms with Crippen LogP contribution in [0.5, 0.6) is 0 Å². The van der Waals surface area contributed by atoms with Crippen LogP contribution < -0.4 is 5.73 Å². The highest BCUT2D eigenvalue weighted by atomic mass is 19.1. The number of benzene rings is 1. The molecule has 1 aromatic carbocycles. The van der Waals surface area contributed by atoms with E-state index >= 15 is 0 Å². The van der Waals surface area contributed by atoms with Gasteiger partial charge in [-0.3, -0.25) is 4.68 Å². The highest BCUT2D eigenvalue weighted by Crippen LogP contribution is 2.31. The highest BCUT2D eigenvalue weighted by molar-refractivity contribution is 5.69. The van der Waals surface area contributed by atoms with Crippen LogP contribution in [0.15, 0.2) is 24.3 Å². The van der Waals surface area contributed by atoms with Crippen molar-refractivity contribution >= 4 is 0 Å². The zero-order valence-electron chi connectivity index (χ0n) is 10.2. The quantitative estimate of drug-likeness (QED) is 0.883. The monoisotopic (exact) mass is 245 g/mol. The molecule has 1 aromatic heterocycles. The molecule has 0 saturated heterocycles. The van der Waals surface area contributed by atoms with Crippen molar-refractivity contribution in [2.24, 2.45) is 5.73 Å². The topological polar surface area (TPSA) is 43.8 Å². The number of hydrogen-bond donors (Lipinski definition) is 1. The van der Waals surface area contributed by atoms with Crippen molar-refractivity contribution in [1.29, 1.82) is 0 Å². The predicted molar refractivity (Wildman–Crippen MR) is 68.5 cm³/mol. The molecular weight excluding hydrogens is 229 g/mol. The molecule has 2 aromatic rings. The molecule has 1 aliphatic rings. The Hall–Kier alpha value is -1.68. The molecule has 0 amide bonds. The van der Waals surface area contributed by atoms with Gasteiger partial charge in [0.05, 0.1) is 5.69 Å². The minimum Gasteiger partial charge on any atom is -0.325 e. The predicted octanol–water partition coefficient (Wildman–Crippen LogP) is 2.48. The van der Waals surface area contributed by atoms with E-state index in [0.717, 1.165) is 29.8 Å². The molecule has 0 aliphatic carbocycles. The summed E-state index contributed by atoms with van der Waals surface area (Å²) in [4.78, 5) is 0. The van der Waals surface area contributed by atoms with Crippen molar-refractivity contribution in [3.8, 4) is 11.1 Å². The van der Waals surface area contributed by atoms with Crippen LogP contribution in [-0.4, -0.2) is 9.78 Å². The van der Waals surface area contributed by atoms with Crippen molar-refractivity contribution in [1.82, 2.24) is 9.78 Å². The lowest BCUT2D eigenvalue weighted by atomic mass is 9.98. The standard InChI is InChI=1S/C14H16FN3/c15-11-6-4-10(5-7-11)14-12(9-16)17-18-8-2-1-3-13(14)18/h4-7H,1-3,8-9,16H2. The summed E-state index contributed by atoms with van der Waals surface area (Å²) in [6.45, 7) is 1.39. The number of aryl methyl sites for hydroxylation is 1. The molecule has 0 spiro atoms. The van der Waals surface area contributed by atoms with Crippen LogP contribution >= 0.6 is 0 Å². The lowest BCUT2D eigenvalue weighted by Gasteiger charge is -2.14. The highest BCUT2D eigenvalue weighted by Gasteiger charge is 2.20. The average molecular weight is 245 g/mol. The van der Waals surface area contributed by atoms with Crippen LogP contribution in [0, 0.1) is 5.82 Å². The van der Waals surface area contributed by atoms with E-state index in [9.17, 15) is 4.39 Å². The van der Waals surface area contributed by atoms with Crippen LogP contribution in [0.2, 0.25) is 0 Å². The van der Waals surface area contributed by atoms with Gasteiger partial charge in [0.25, 0.3) is 0 Å². The minimum absolute atomic E-state index is 0.214. The van der Waals surface area contributed by atoms with E-state index in [4.69, 9.17) is 5.73 Å². The second-order valence-electron chi connectivity index (χ2n) is 4.66. The van der Waals surface area contributed by atoms with Crippen molar-refractivity contribution < 1.29 is 4.39 Å². The van der Waals surface area contributed by atoms with Gasteiger partial charge < -0.3 is 5.73 Å².